The first-order valence-electron chi connectivity index (χ1n) is 6.36. The van der Waals surface area contributed by atoms with Gasteiger partial charge >= 0.3 is 0 Å². The van der Waals surface area contributed by atoms with Gasteiger partial charge in [0.2, 0.25) is 0 Å². The first-order valence-corrected chi connectivity index (χ1v) is 6.36. The summed E-state index contributed by atoms with van der Waals surface area (Å²) >= 11 is 0. The number of imidazole rings is 1. The highest BCUT2D eigenvalue weighted by atomic mass is 16.3. The van der Waals surface area contributed by atoms with E-state index < -0.39 is 0 Å². The van der Waals surface area contributed by atoms with Crippen LogP contribution in [0.3, 0.4) is 0 Å². The summed E-state index contributed by atoms with van der Waals surface area (Å²) in [6.07, 6.45) is 0. The van der Waals surface area contributed by atoms with Crippen molar-refractivity contribution >= 4 is 11.0 Å². The van der Waals surface area contributed by atoms with Gasteiger partial charge < -0.3 is 15.1 Å². The molecule has 0 fully saturated rings. The molecule has 0 unspecified atom stereocenters. The largest absolute Gasteiger partial charge is 0.466 e. The molecular weight excluding hydrogens is 238 g/mol. The van der Waals surface area contributed by atoms with Crippen molar-refractivity contribution in [1.82, 2.24) is 9.97 Å². The van der Waals surface area contributed by atoms with Gasteiger partial charge in [-0.1, -0.05) is 6.07 Å². The fourth-order valence-corrected chi connectivity index (χ4v) is 2.44. The summed E-state index contributed by atoms with van der Waals surface area (Å²) in [5, 5.41) is 0. The number of fused-ring (bicyclic) bond motifs is 1. The number of aromatic amines is 1. The number of furan rings is 1. The topological polar surface area (TPSA) is 67.8 Å². The zero-order chi connectivity index (χ0) is 13.6. The first-order chi connectivity index (χ1) is 9.10. The fraction of sp³-hybridized carbons (Fsp3) is 0.267. The normalized spacial score (nSPS) is 11.4. The number of aromatic nitrogens is 2. The number of rotatable bonds is 2. The Hall–Kier alpha value is -2.07. The minimum Gasteiger partial charge on any atom is -0.466 e. The Morgan fingerprint density at radius 3 is 2.63 bits per heavy atom. The molecule has 3 N–H and O–H groups in total. The highest BCUT2D eigenvalue weighted by Crippen LogP contribution is 2.30. The fourth-order valence-electron chi connectivity index (χ4n) is 2.44. The Balaban J connectivity index is 2.20. The second kappa shape index (κ2) is 4.24. The van der Waals surface area contributed by atoms with Gasteiger partial charge in [-0.25, -0.2) is 4.98 Å². The second-order valence-corrected chi connectivity index (χ2v) is 4.86. The lowest BCUT2D eigenvalue weighted by Gasteiger charge is -1.95. The summed E-state index contributed by atoms with van der Waals surface area (Å²) < 4.78 is 5.66. The maximum atomic E-state index is 5.66. The third-order valence-corrected chi connectivity index (χ3v) is 3.58. The standard InChI is InChI=1S/C15H17N3O/c1-8-9(2)19-10(3)14(8)15-17-12-5-4-11(7-16)6-13(12)18-15/h4-6H,7,16H2,1-3H3,(H,17,18). The van der Waals surface area contributed by atoms with E-state index in [9.17, 15) is 0 Å². The van der Waals surface area contributed by atoms with Gasteiger partial charge in [-0.05, 0) is 38.5 Å². The van der Waals surface area contributed by atoms with E-state index in [4.69, 9.17) is 10.2 Å². The van der Waals surface area contributed by atoms with E-state index >= 15 is 0 Å². The predicted molar refractivity (Wildman–Crippen MR) is 75.9 cm³/mol. The van der Waals surface area contributed by atoms with E-state index in [0.717, 1.165) is 45.1 Å². The molecule has 0 saturated heterocycles. The SMILES string of the molecule is Cc1oc(C)c(-c2nc3ccc(CN)cc3[nH]2)c1C. The van der Waals surface area contributed by atoms with E-state index in [-0.39, 0.29) is 0 Å². The van der Waals surface area contributed by atoms with Crippen LogP contribution in [0.15, 0.2) is 22.6 Å². The average molecular weight is 255 g/mol. The monoisotopic (exact) mass is 255 g/mol. The van der Waals surface area contributed by atoms with Gasteiger partial charge in [-0.15, -0.1) is 0 Å². The smallest absolute Gasteiger partial charge is 0.142 e. The summed E-state index contributed by atoms with van der Waals surface area (Å²) in [6, 6.07) is 6.05. The third kappa shape index (κ3) is 1.85. The van der Waals surface area contributed by atoms with Crippen molar-refractivity contribution in [3.63, 3.8) is 0 Å². The molecule has 19 heavy (non-hydrogen) atoms. The quantitative estimate of drug-likeness (QED) is 0.738. The molecule has 1 aromatic carbocycles. The predicted octanol–water partition coefficient (Wildman–Crippen LogP) is 3.21. The van der Waals surface area contributed by atoms with Crippen molar-refractivity contribution < 1.29 is 4.42 Å². The molecule has 0 radical (unpaired) electrons. The zero-order valence-electron chi connectivity index (χ0n) is 11.4. The molecule has 2 aromatic heterocycles. The molecule has 2 heterocycles. The molecule has 0 atom stereocenters. The molecule has 3 aromatic rings. The van der Waals surface area contributed by atoms with Crippen LogP contribution in [0, 0.1) is 20.8 Å². The maximum Gasteiger partial charge on any atom is 0.142 e. The Morgan fingerprint density at radius 2 is 2.00 bits per heavy atom. The Kier molecular flexibility index (Phi) is 2.68. The van der Waals surface area contributed by atoms with E-state index in [1.807, 2.05) is 32.0 Å². The minimum absolute atomic E-state index is 0.535. The molecule has 0 aliphatic rings. The van der Waals surface area contributed by atoms with Crippen LogP contribution in [0.1, 0.15) is 22.6 Å². The van der Waals surface area contributed by atoms with Crippen LogP contribution in [-0.4, -0.2) is 9.97 Å². The molecule has 98 valence electrons. The molecule has 0 amide bonds. The summed E-state index contributed by atoms with van der Waals surface area (Å²) in [5.41, 5.74) is 10.9. The molecule has 0 saturated carbocycles. The zero-order valence-corrected chi connectivity index (χ0v) is 11.4. The highest BCUT2D eigenvalue weighted by Gasteiger charge is 2.16. The van der Waals surface area contributed by atoms with Crippen molar-refractivity contribution in [3.05, 3.63) is 40.8 Å². The summed E-state index contributed by atoms with van der Waals surface area (Å²) in [7, 11) is 0. The molecular formula is C15H17N3O. The Bertz CT molecular complexity index is 752. The molecule has 3 rings (SSSR count). The average Bonchev–Trinajstić information content (AvgIpc) is 2.90. The number of nitrogens with zero attached hydrogens (tertiary/aromatic N) is 1. The number of nitrogens with one attached hydrogen (secondary N) is 1. The lowest BCUT2D eigenvalue weighted by atomic mass is 10.1. The Morgan fingerprint density at radius 1 is 1.21 bits per heavy atom. The molecule has 4 nitrogen and oxygen atoms in total. The van der Waals surface area contributed by atoms with Crippen LogP contribution in [-0.2, 0) is 6.54 Å². The number of H-pyrrole nitrogens is 1. The van der Waals surface area contributed by atoms with Gasteiger partial charge in [0.15, 0.2) is 0 Å². The highest BCUT2D eigenvalue weighted by molar-refractivity contribution is 5.81. The van der Waals surface area contributed by atoms with E-state index in [0.29, 0.717) is 6.54 Å². The van der Waals surface area contributed by atoms with Crippen LogP contribution < -0.4 is 5.73 Å². The van der Waals surface area contributed by atoms with Gasteiger partial charge in [0.1, 0.15) is 17.3 Å². The van der Waals surface area contributed by atoms with Crippen LogP contribution in [0.5, 0.6) is 0 Å². The number of hydrogen-bond acceptors (Lipinski definition) is 3. The van der Waals surface area contributed by atoms with Crippen molar-refractivity contribution in [3.8, 4) is 11.4 Å². The second-order valence-electron chi connectivity index (χ2n) is 4.86. The number of benzene rings is 1. The number of hydrogen-bond donors (Lipinski definition) is 2. The van der Waals surface area contributed by atoms with Crippen LogP contribution >= 0.6 is 0 Å². The third-order valence-electron chi connectivity index (χ3n) is 3.58. The lowest BCUT2D eigenvalue weighted by molar-refractivity contribution is 0.503. The summed E-state index contributed by atoms with van der Waals surface area (Å²) in [5.74, 6) is 2.69. The number of nitrogens with two attached hydrogens (primary N) is 1. The van der Waals surface area contributed by atoms with Crippen molar-refractivity contribution in [2.45, 2.75) is 27.3 Å². The van der Waals surface area contributed by atoms with E-state index in [1.165, 1.54) is 0 Å². The minimum atomic E-state index is 0.535. The maximum absolute atomic E-state index is 5.66. The van der Waals surface area contributed by atoms with Crippen molar-refractivity contribution in [2.75, 3.05) is 0 Å². The van der Waals surface area contributed by atoms with Crippen molar-refractivity contribution in [1.29, 1.82) is 0 Å². The first kappa shape index (κ1) is 12.0. The van der Waals surface area contributed by atoms with Crippen LogP contribution in [0.4, 0.5) is 0 Å². The Labute approximate surface area is 111 Å². The molecule has 0 aliphatic heterocycles. The van der Waals surface area contributed by atoms with Gasteiger partial charge in [0.05, 0.1) is 16.6 Å². The summed E-state index contributed by atoms with van der Waals surface area (Å²) in [6.45, 7) is 6.53. The van der Waals surface area contributed by atoms with Gasteiger partial charge in [0, 0.05) is 12.1 Å². The van der Waals surface area contributed by atoms with E-state index in [2.05, 4.69) is 16.9 Å². The summed E-state index contributed by atoms with van der Waals surface area (Å²) in [4.78, 5) is 7.99. The van der Waals surface area contributed by atoms with Crippen LogP contribution in [0.2, 0.25) is 0 Å². The van der Waals surface area contributed by atoms with Gasteiger partial charge in [0.25, 0.3) is 0 Å². The molecule has 0 bridgehead atoms. The van der Waals surface area contributed by atoms with Gasteiger partial charge in [-0.2, -0.15) is 0 Å². The number of aryl methyl sites for hydroxylation is 2. The lowest BCUT2D eigenvalue weighted by Crippen LogP contribution is -1.95. The van der Waals surface area contributed by atoms with Crippen molar-refractivity contribution in [2.24, 2.45) is 5.73 Å². The van der Waals surface area contributed by atoms with Crippen LogP contribution in [0.25, 0.3) is 22.4 Å². The molecule has 4 heteroatoms. The molecule has 0 spiro atoms. The van der Waals surface area contributed by atoms with E-state index in [1.54, 1.807) is 0 Å². The molecule has 0 aliphatic carbocycles. The van der Waals surface area contributed by atoms with Gasteiger partial charge in [-0.3, -0.25) is 0 Å².